The van der Waals surface area contributed by atoms with Crippen LogP contribution in [0.3, 0.4) is 0 Å². The molecule has 1 aliphatic heterocycles. The second-order valence-electron chi connectivity index (χ2n) is 8.18. The standard InChI is InChI=1S/C25H28N2O5S/c1-16-7-3-4-9-19(16)13-20(15-33-17(2)28)24(31)26-21-12-11-18-8-5-6-10-22(18)27(25(21)32)14-23(29)30/h3-10,20-21H,11-15H2,1-2H3,(H,26,31)(H,29,30)/t20-,21+/m1/s1. The number of thioether (sulfide) groups is 1. The second-order valence-corrected chi connectivity index (χ2v) is 9.37. The van der Waals surface area contributed by atoms with E-state index in [-0.39, 0.29) is 11.0 Å². The molecule has 0 aromatic heterocycles. The lowest BCUT2D eigenvalue weighted by Crippen LogP contribution is -2.51. The number of aliphatic carboxylic acids is 1. The predicted molar refractivity (Wildman–Crippen MR) is 128 cm³/mol. The summed E-state index contributed by atoms with van der Waals surface area (Å²) < 4.78 is 0. The number of carbonyl (C=O) groups excluding carboxylic acids is 3. The van der Waals surface area contributed by atoms with Crippen molar-refractivity contribution >= 4 is 40.3 Å². The Morgan fingerprint density at radius 2 is 1.85 bits per heavy atom. The molecule has 0 saturated heterocycles. The van der Waals surface area contributed by atoms with E-state index >= 15 is 0 Å². The van der Waals surface area contributed by atoms with Gasteiger partial charge in [0.1, 0.15) is 12.6 Å². The van der Waals surface area contributed by atoms with E-state index in [0.717, 1.165) is 28.5 Å². The Labute approximate surface area is 197 Å². The number of carboxylic acids is 1. The van der Waals surface area contributed by atoms with Gasteiger partial charge in [-0.2, -0.15) is 0 Å². The van der Waals surface area contributed by atoms with E-state index in [0.29, 0.717) is 30.7 Å². The molecule has 7 nitrogen and oxygen atoms in total. The molecular formula is C25H28N2O5S. The zero-order valence-corrected chi connectivity index (χ0v) is 19.6. The molecule has 0 radical (unpaired) electrons. The lowest BCUT2D eigenvalue weighted by molar-refractivity contribution is -0.137. The summed E-state index contributed by atoms with van der Waals surface area (Å²) in [6.45, 7) is 2.95. The first-order chi connectivity index (χ1) is 15.8. The van der Waals surface area contributed by atoms with Crippen molar-refractivity contribution in [2.45, 2.75) is 39.2 Å². The third-order valence-corrected chi connectivity index (χ3v) is 6.72. The smallest absolute Gasteiger partial charge is 0.323 e. The monoisotopic (exact) mass is 468 g/mol. The number of benzene rings is 2. The Morgan fingerprint density at radius 1 is 1.15 bits per heavy atom. The lowest BCUT2D eigenvalue weighted by atomic mass is 9.96. The van der Waals surface area contributed by atoms with Crippen LogP contribution in [0, 0.1) is 12.8 Å². The van der Waals surface area contributed by atoms with Gasteiger partial charge in [-0.1, -0.05) is 54.2 Å². The number of amides is 2. The van der Waals surface area contributed by atoms with Gasteiger partial charge >= 0.3 is 5.97 Å². The number of para-hydroxylation sites is 1. The summed E-state index contributed by atoms with van der Waals surface area (Å²) in [5, 5.41) is 12.1. The largest absolute Gasteiger partial charge is 0.480 e. The van der Waals surface area contributed by atoms with Crippen molar-refractivity contribution in [3.05, 3.63) is 65.2 Å². The van der Waals surface area contributed by atoms with Gasteiger partial charge in [0, 0.05) is 18.4 Å². The quantitative estimate of drug-likeness (QED) is 0.617. The summed E-state index contributed by atoms with van der Waals surface area (Å²) >= 11 is 1.09. The van der Waals surface area contributed by atoms with Crippen molar-refractivity contribution in [2.24, 2.45) is 5.92 Å². The lowest BCUT2D eigenvalue weighted by Gasteiger charge is -2.26. The number of nitrogens with one attached hydrogen (secondary N) is 1. The van der Waals surface area contributed by atoms with Gasteiger partial charge in [-0.05, 0) is 48.9 Å². The van der Waals surface area contributed by atoms with Gasteiger partial charge in [0.05, 0.1) is 5.92 Å². The molecule has 0 saturated carbocycles. The third kappa shape index (κ3) is 6.44. The van der Waals surface area contributed by atoms with Crippen LogP contribution < -0.4 is 10.2 Å². The minimum absolute atomic E-state index is 0.0776. The highest BCUT2D eigenvalue weighted by Crippen LogP contribution is 2.27. The molecule has 0 bridgehead atoms. The molecule has 1 heterocycles. The van der Waals surface area contributed by atoms with Gasteiger partial charge < -0.3 is 10.4 Å². The van der Waals surface area contributed by atoms with Crippen LogP contribution in [0.4, 0.5) is 5.69 Å². The van der Waals surface area contributed by atoms with E-state index < -0.39 is 30.4 Å². The summed E-state index contributed by atoms with van der Waals surface area (Å²) in [6.07, 6.45) is 1.35. The van der Waals surface area contributed by atoms with Crippen LogP contribution >= 0.6 is 11.8 Å². The third-order valence-electron chi connectivity index (χ3n) is 5.74. The van der Waals surface area contributed by atoms with E-state index in [1.165, 1.54) is 11.8 Å². The molecular weight excluding hydrogens is 440 g/mol. The van der Waals surface area contributed by atoms with E-state index in [4.69, 9.17) is 0 Å². The highest BCUT2D eigenvalue weighted by atomic mass is 32.2. The van der Waals surface area contributed by atoms with E-state index in [9.17, 15) is 24.3 Å². The highest BCUT2D eigenvalue weighted by molar-refractivity contribution is 8.13. The number of hydrogen-bond acceptors (Lipinski definition) is 5. The van der Waals surface area contributed by atoms with Gasteiger partial charge in [0.25, 0.3) is 0 Å². The molecule has 2 N–H and O–H groups in total. The number of aryl methyl sites for hydroxylation is 2. The van der Waals surface area contributed by atoms with Crippen molar-refractivity contribution < 1.29 is 24.3 Å². The predicted octanol–water partition coefficient (Wildman–Crippen LogP) is 2.98. The number of carboxylic acid groups (broad SMARTS) is 1. The minimum Gasteiger partial charge on any atom is -0.480 e. The first-order valence-electron chi connectivity index (χ1n) is 10.9. The van der Waals surface area contributed by atoms with Crippen LogP contribution in [0.5, 0.6) is 0 Å². The van der Waals surface area contributed by atoms with E-state index in [2.05, 4.69) is 5.32 Å². The number of rotatable bonds is 8. The zero-order valence-electron chi connectivity index (χ0n) is 18.7. The van der Waals surface area contributed by atoms with Crippen molar-refractivity contribution in [3.63, 3.8) is 0 Å². The zero-order chi connectivity index (χ0) is 24.0. The summed E-state index contributed by atoms with van der Waals surface area (Å²) in [6, 6.07) is 14.1. The van der Waals surface area contributed by atoms with Crippen molar-refractivity contribution in [1.29, 1.82) is 0 Å². The fraction of sp³-hybridized carbons (Fsp3) is 0.360. The van der Waals surface area contributed by atoms with Crippen molar-refractivity contribution in [2.75, 3.05) is 17.2 Å². The summed E-state index contributed by atoms with van der Waals surface area (Å²) in [5.41, 5.74) is 3.49. The maximum atomic E-state index is 13.3. The molecule has 174 valence electrons. The highest BCUT2D eigenvalue weighted by Gasteiger charge is 2.34. The SMILES string of the molecule is CC(=O)SC[C@@H](Cc1ccccc1C)C(=O)N[C@H]1CCc2ccccc2N(CC(=O)O)C1=O. The molecule has 2 aromatic rings. The van der Waals surface area contributed by atoms with Crippen molar-refractivity contribution in [1.82, 2.24) is 5.32 Å². The van der Waals surface area contributed by atoms with E-state index in [1.807, 2.05) is 43.3 Å². The van der Waals surface area contributed by atoms with Gasteiger partial charge in [-0.15, -0.1) is 0 Å². The molecule has 0 unspecified atom stereocenters. The van der Waals surface area contributed by atoms with Gasteiger partial charge in [0.2, 0.25) is 11.8 Å². The Bertz CT molecular complexity index is 1050. The Morgan fingerprint density at radius 3 is 2.55 bits per heavy atom. The Kier molecular flexibility index (Phi) is 8.27. The first kappa shape index (κ1) is 24.5. The summed E-state index contributed by atoms with van der Waals surface area (Å²) in [5.74, 6) is -2.09. The van der Waals surface area contributed by atoms with Crippen LogP contribution in [0.2, 0.25) is 0 Å². The summed E-state index contributed by atoms with van der Waals surface area (Å²) in [4.78, 5) is 50.8. The minimum atomic E-state index is -1.12. The molecule has 33 heavy (non-hydrogen) atoms. The number of hydrogen-bond donors (Lipinski definition) is 2. The van der Waals surface area contributed by atoms with E-state index in [1.54, 1.807) is 12.1 Å². The molecule has 2 aromatic carbocycles. The van der Waals surface area contributed by atoms with Crippen molar-refractivity contribution in [3.8, 4) is 0 Å². The average molecular weight is 469 g/mol. The maximum absolute atomic E-state index is 13.3. The molecule has 1 aliphatic rings. The molecule has 0 aliphatic carbocycles. The topological polar surface area (TPSA) is 104 Å². The molecule has 0 fully saturated rings. The van der Waals surface area contributed by atoms with Crippen LogP contribution in [0.25, 0.3) is 0 Å². The number of anilines is 1. The molecule has 8 heteroatoms. The fourth-order valence-electron chi connectivity index (χ4n) is 3.99. The Balaban J connectivity index is 1.81. The maximum Gasteiger partial charge on any atom is 0.323 e. The second kappa shape index (κ2) is 11.1. The van der Waals surface area contributed by atoms with Gasteiger partial charge in [0.15, 0.2) is 5.12 Å². The number of nitrogens with zero attached hydrogens (tertiary/aromatic N) is 1. The number of fused-ring (bicyclic) bond motifs is 1. The first-order valence-corrected chi connectivity index (χ1v) is 11.8. The molecule has 2 atom stereocenters. The molecule has 3 rings (SSSR count). The molecule has 2 amide bonds. The normalized spacial score (nSPS) is 16.5. The fourth-order valence-corrected chi connectivity index (χ4v) is 4.69. The molecule has 0 spiro atoms. The van der Waals surface area contributed by atoms with Crippen LogP contribution in [-0.4, -0.2) is 46.3 Å². The van der Waals surface area contributed by atoms with Gasteiger partial charge in [-0.3, -0.25) is 24.1 Å². The average Bonchev–Trinajstić information content (AvgIpc) is 2.89. The summed E-state index contributed by atoms with van der Waals surface area (Å²) in [7, 11) is 0. The number of carbonyl (C=O) groups is 4. The Hall–Kier alpha value is -3.13. The van der Waals surface area contributed by atoms with Crippen LogP contribution in [0.1, 0.15) is 30.0 Å². The van der Waals surface area contributed by atoms with Crippen LogP contribution in [-0.2, 0) is 32.0 Å². The van der Waals surface area contributed by atoms with Gasteiger partial charge in [-0.25, -0.2) is 0 Å². The van der Waals surface area contributed by atoms with Crippen LogP contribution in [0.15, 0.2) is 48.5 Å².